The molecule has 2 N–H and O–H groups in total. The van der Waals surface area contributed by atoms with Crippen LogP contribution in [0, 0.1) is 0 Å². The molecule has 0 aromatic carbocycles. The van der Waals surface area contributed by atoms with Crippen molar-refractivity contribution in [3.63, 3.8) is 0 Å². The van der Waals surface area contributed by atoms with Crippen LogP contribution in [-0.2, 0) is 19.0 Å². The minimum absolute atomic E-state index is 0.196. The predicted molar refractivity (Wildman–Crippen MR) is 118 cm³/mol. The zero-order chi connectivity index (χ0) is 22.6. The Hall–Kier alpha value is -2.23. The number of aromatic amines is 1. The van der Waals surface area contributed by atoms with Gasteiger partial charge in [0, 0.05) is 39.5 Å². The van der Waals surface area contributed by atoms with E-state index in [0.29, 0.717) is 19.6 Å². The van der Waals surface area contributed by atoms with Crippen molar-refractivity contribution in [3.05, 3.63) is 38.7 Å². The Balaban J connectivity index is 1.96. The Labute approximate surface area is 182 Å². The highest BCUT2D eigenvalue weighted by Gasteiger charge is 2.36. The van der Waals surface area contributed by atoms with Crippen LogP contribution in [0.1, 0.15) is 63.7 Å². The molecule has 2 heterocycles. The van der Waals surface area contributed by atoms with Crippen molar-refractivity contribution in [2.75, 3.05) is 27.4 Å². The van der Waals surface area contributed by atoms with Crippen LogP contribution in [0.3, 0.4) is 0 Å². The molecule has 9 nitrogen and oxygen atoms in total. The summed E-state index contributed by atoms with van der Waals surface area (Å²) in [6, 6.07) is 0. The number of rotatable bonds is 13. The first-order valence-electron chi connectivity index (χ1n) is 11.0. The average molecular weight is 438 g/mol. The maximum absolute atomic E-state index is 12.3. The molecule has 0 spiro atoms. The van der Waals surface area contributed by atoms with Crippen molar-refractivity contribution < 1.29 is 19.0 Å². The summed E-state index contributed by atoms with van der Waals surface area (Å²) in [4.78, 5) is 38.8. The number of methoxy groups -OCH3 is 2. The molecular formula is C22H35N3O6. The second-order valence-electron chi connectivity index (χ2n) is 7.74. The van der Waals surface area contributed by atoms with Gasteiger partial charge in [0.25, 0.3) is 5.56 Å². The van der Waals surface area contributed by atoms with Gasteiger partial charge in [0.15, 0.2) is 0 Å². The van der Waals surface area contributed by atoms with Crippen LogP contribution in [0.2, 0.25) is 0 Å². The highest BCUT2D eigenvalue weighted by atomic mass is 16.6. The lowest BCUT2D eigenvalue weighted by Crippen LogP contribution is -2.33. The summed E-state index contributed by atoms with van der Waals surface area (Å²) >= 11 is 0. The van der Waals surface area contributed by atoms with Gasteiger partial charge in [-0.15, -0.1) is 0 Å². The van der Waals surface area contributed by atoms with E-state index in [9.17, 15) is 14.4 Å². The average Bonchev–Trinajstić information content (AvgIpc) is 3.15. The number of nitrogens with one attached hydrogen (secondary N) is 2. The molecule has 0 bridgehead atoms. The zero-order valence-corrected chi connectivity index (χ0v) is 18.7. The summed E-state index contributed by atoms with van der Waals surface area (Å²) in [5.74, 6) is -0.276. The standard InChI is InChI=1S/C22H35N3O6/c1-4-5-6-7-8-9-12-23-19(26)11-10-16-14-25(22(28)24-21(16)27)20-13-17(30-3)18(31-20)15-29-2/h10-11,14,17-18,20H,4-9,12-13,15H2,1-3H3,(H,23,26)(H,24,27,28). The number of ether oxygens (including phenoxy) is 3. The van der Waals surface area contributed by atoms with Gasteiger partial charge in [-0.2, -0.15) is 0 Å². The van der Waals surface area contributed by atoms with Crippen LogP contribution >= 0.6 is 0 Å². The van der Waals surface area contributed by atoms with E-state index >= 15 is 0 Å². The van der Waals surface area contributed by atoms with E-state index in [0.717, 1.165) is 12.8 Å². The predicted octanol–water partition coefficient (Wildman–Crippen LogP) is 1.98. The molecule has 1 aliphatic rings. The highest BCUT2D eigenvalue weighted by Crippen LogP contribution is 2.29. The van der Waals surface area contributed by atoms with Crippen molar-refractivity contribution in [1.29, 1.82) is 0 Å². The van der Waals surface area contributed by atoms with Crippen molar-refractivity contribution in [1.82, 2.24) is 14.9 Å². The third kappa shape index (κ3) is 7.75. The third-order valence-electron chi connectivity index (χ3n) is 5.36. The number of hydrogen-bond donors (Lipinski definition) is 2. The van der Waals surface area contributed by atoms with Gasteiger partial charge >= 0.3 is 5.69 Å². The fourth-order valence-corrected chi connectivity index (χ4v) is 3.61. The van der Waals surface area contributed by atoms with E-state index in [-0.39, 0.29) is 23.7 Å². The Morgan fingerprint density at radius 2 is 2.00 bits per heavy atom. The number of carbonyl (C=O) groups excluding carboxylic acids is 1. The summed E-state index contributed by atoms with van der Waals surface area (Å²) in [7, 11) is 3.14. The van der Waals surface area contributed by atoms with Crippen LogP contribution in [0.15, 0.2) is 21.9 Å². The van der Waals surface area contributed by atoms with Crippen LogP contribution in [0.5, 0.6) is 0 Å². The fraction of sp³-hybridized carbons (Fsp3) is 0.682. The Kier molecular flexibility index (Phi) is 10.7. The van der Waals surface area contributed by atoms with Gasteiger partial charge in [0.05, 0.1) is 18.3 Å². The molecule has 0 saturated carbocycles. The van der Waals surface area contributed by atoms with Crippen molar-refractivity contribution in [3.8, 4) is 0 Å². The minimum atomic E-state index is -0.594. The van der Waals surface area contributed by atoms with E-state index in [1.54, 1.807) is 14.2 Å². The number of nitrogens with zero attached hydrogens (tertiary/aromatic N) is 1. The largest absolute Gasteiger partial charge is 0.382 e. The van der Waals surface area contributed by atoms with E-state index in [4.69, 9.17) is 14.2 Å². The van der Waals surface area contributed by atoms with Crippen LogP contribution in [0.4, 0.5) is 0 Å². The van der Waals surface area contributed by atoms with Gasteiger partial charge in [-0.1, -0.05) is 39.0 Å². The number of hydrogen-bond acceptors (Lipinski definition) is 6. The van der Waals surface area contributed by atoms with Crippen molar-refractivity contribution in [2.24, 2.45) is 0 Å². The van der Waals surface area contributed by atoms with Gasteiger partial charge in [-0.3, -0.25) is 19.1 Å². The lowest BCUT2D eigenvalue weighted by molar-refractivity contribution is -0.116. The third-order valence-corrected chi connectivity index (χ3v) is 5.36. The number of H-pyrrole nitrogens is 1. The van der Waals surface area contributed by atoms with Gasteiger partial charge in [0.1, 0.15) is 12.3 Å². The number of unbranched alkanes of at least 4 members (excludes halogenated alkanes) is 5. The number of amides is 1. The molecule has 1 aliphatic heterocycles. The van der Waals surface area contributed by atoms with E-state index in [2.05, 4.69) is 17.2 Å². The van der Waals surface area contributed by atoms with Crippen LogP contribution < -0.4 is 16.6 Å². The molecule has 174 valence electrons. The number of carbonyl (C=O) groups is 1. The van der Waals surface area contributed by atoms with E-state index in [1.807, 2.05) is 0 Å². The van der Waals surface area contributed by atoms with E-state index < -0.39 is 17.5 Å². The monoisotopic (exact) mass is 437 g/mol. The van der Waals surface area contributed by atoms with Gasteiger partial charge < -0.3 is 19.5 Å². The topological polar surface area (TPSA) is 112 Å². The minimum Gasteiger partial charge on any atom is -0.382 e. The lowest BCUT2D eigenvalue weighted by Gasteiger charge is -2.16. The highest BCUT2D eigenvalue weighted by molar-refractivity contribution is 5.91. The molecular weight excluding hydrogens is 402 g/mol. The van der Waals surface area contributed by atoms with Gasteiger partial charge in [0.2, 0.25) is 5.91 Å². The van der Waals surface area contributed by atoms with Gasteiger partial charge in [-0.05, 0) is 12.5 Å². The summed E-state index contributed by atoms with van der Waals surface area (Å²) in [5, 5.41) is 2.82. The Bertz CT molecular complexity index is 831. The first-order valence-corrected chi connectivity index (χ1v) is 11.0. The first kappa shape index (κ1) is 25.0. The van der Waals surface area contributed by atoms with Gasteiger partial charge in [-0.25, -0.2) is 4.79 Å². The molecule has 3 unspecified atom stereocenters. The van der Waals surface area contributed by atoms with Crippen molar-refractivity contribution >= 4 is 12.0 Å². The lowest BCUT2D eigenvalue weighted by atomic mass is 10.1. The summed E-state index contributed by atoms with van der Waals surface area (Å²) in [5.41, 5.74) is -0.939. The molecule has 1 aromatic heterocycles. The second-order valence-corrected chi connectivity index (χ2v) is 7.74. The summed E-state index contributed by atoms with van der Waals surface area (Å²) < 4.78 is 17.8. The van der Waals surface area contributed by atoms with E-state index in [1.165, 1.54) is 48.6 Å². The molecule has 1 amide bonds. The molecule has 1 saturated heterocycles. The molecule has 9 heteroatoms. The molecule has 1 fully saturated rings. The Morgan fingerprint density at radius 3 is 2.71 bits per heavy atom. The number of aromatic nitrogens is 2. The zero-order valence-electron chi connectivity index (χ0n) is 18.7. The summed E-state index contributed by atoms with van der Waals surface area (Å²) in [6.07, 6.45) is 10.3. The smallest absolute Gasteiger partial charge is 0.330 e. The normalized spacial score (nSPS) is 21.1. The Morgan fingerprint density at radius 1 is 1.26 bits per heavy atom. The molecule has 2 rings (SSSR count). The molecule has 3 atom stereocenters. The molecule has 1 aromatic rings. The second kappa shape index (κ2) is 13.2. The molecule has 0 aliphatic carbocycles. The SMILES string of the molecule is CCCCCCCCNC(=O)C=Cc1cn(C2CC(OC)C(COC)O2)c(=O)[nH]c1=O. The molecule has 0 radical (unpaired) electrons. The fourth-order valence-electron chi connectivity index (χ4n) is 3.61. The summed E-state index contributed by atoms with van der Waals surface area (Å²) in [6.45, 7) is 3.11. The quantitative estimate of drug-likeness (QED) is 0.361. The van der Waals surface area contributed by atoms with Crippen molar-refractivity contribution in [2.45, 2.75) is 70.3 Å². The van der Waals surface area contributed by atoms with Crippen LogP contribution in [-0.4, -0.2) is 55.0 Å². The van der Waals surface area contributed by atoms with Crippen LogP contribution in [0.25, 0.3) is 6.08 Å². The first-order chi connectivity index (χ1) is 15.0. The molecule has 31 heavy (non-hydrogen) atoms. The maximum atomic E-state index is 12.3. The maximum Gasteiger partial charge on any atom is 0.330 e.